The van der Waals surface area contributed by atoms with Gasteiger partial charge in [0.15, 0.2) is 0 Å². The molecule has 0 aliphatic carbocycles. The Bertz CT molecular complexity index is 428. The van der Waals surface area contributed by atoms with Crippen molar-refractivity contribution in [3.63, 3.8) is 0 Å². The van der Waals surface area contributed by atoms with Gasteiger partial charge in [-0.15, -0.1) is 0 Å². The zero-order valence-electron chi connectivity index (χ0n) is 11.9. The molecule has 0 saturated carbocycles. The van der Waals surface area contributed by atoms with Gasteiger partial charge in [-0.3, -0.25) is 14.4 Å². The van der Waals surface area contributed by atoms with E-state index in [1.807, 2.05) is 0 Å². The summed E-state index contributed by atoms with van der Waals surface area (Å²) in [5.41, 5.74) is 6.62. The second-order valence-electron chi connectivity index (χ2n) is 5.02. The van der Waals surface area contributed by atoms with Crippen molar-refractivity contribution in [2.24, 2.45) is 12.8 Å². The molecule has 112 valence electrons. The van der Waals surface area contributed by atoms with Crippen LogP contribution in [0.3, 0.4) is 0 Å². The lowest BCUT2D eigenvalue weighted by Gasteiger charge is -2.26. The minimum atomic E-state index is -0.646. The van der Waals surface area contributed by atoms with Crippen LogP contribution in [-0.4, -0.2) is 60.0 Å². The Morgan fingerprint density at radius 3 is 2.95 bits per heavy atom. The van der Waals surface area contributed by atoms with Gasteiger partial charge in [0.1, 0.15) is 6.04 Å². The van der Waals surface area contributed by atoms with Crippen LogP contribution in [0.25, 0.3) is 0 Å². The predicted molar refractivity (Wildman–Crippen MR) is 75.0 cm³/mol. The van der Waals surface area contributed by atoms with Crippen LogP contribution >= 0.6 is 0 Å². The fourth-order valence-corrected chi connectivity index (χ4v) is 2.20. The third kappa shape index (κ3) is 4.29. The van der Waals surface area contributed by atoms with Gasteiger partial charge >= 0.3 is 0 Å². The lowest BCUT2D eigenvalue weighted by atomic mass is 10.1. The summed E-state index contributed by atoms with van der Waals surface area (Å²) in [6.07, 6.45) is 4.31. The highest BCUT2D eigenvalue weighted by Crippen LogP contribution is 2.08. The van der Waals surface area contributed by atoms with E-state index in [0.717, 1.165) is 44.8 Å². The third-order valence-corrected chi connectivity index (χ3v) is 3.42. The predicted octanol–water partition coefficient (Wildman–Crippen LogP) is -0.742. The molecule has 0 spiro atoms. The maximum atomic E-state index is 11.9. The average Bonchev–Trinajstić information content (AvgIpc) is 2.90. The zero-order chi connectivity index (χ0) is 14.4. The topological polar surface area (TPSA) is 85.4 Å². The Balaban J connectivity index is 1.64. The molecule has 1 amide bonds. The first-order chi connectivity index (χ1) is 9.66. The van der Waals surface area contributed by atoms with Crippen molar-refractivity contribution in [3.8, 4) is 0 Å². The number of hydrogen-bond acceptors (Lipinski definition) is 5. The fourth-order valence-electron chi connectivity index (χ4n) is 2.20. The van der Waals surface area contributed by atoms with Crippen molar-refractivity contribution < 1.29 is 9.53 Å². The van der Waals surface area contributed by atoms with Gasteiger partial charge in [0, 0.05) is 38.4 Å². The van der Waals surface area contributed by atoms with Crippen molar-refractivity contribution in [1.82, 2.24) is 20.0 Å². The third-order valence-electron chi connectivity index (χ3n) is 3.42. The number of aryl methyl sites for hydroxylation is 1. The van der Waals surface area contributed by atoms with Crippen molar-refractivity contribution in [3.05, 3.63) is 18.0 Å². The van der Waals surface area contributed by atoms with Crippen LogP contribution in [0.5, 0.6) is 0 Å². The SMILES string of the molecule is Cn1cc(C(N)C(=O)NCCCN2CCOCC2)cn1. The van der Waals surface area contributed by atoms with E-state index in [2.05, 4.69) is 15.3 Å². The second kappa shape index (κ2) is 7.37. The summed E-state index contributed by atoms with van der Waals surface area (Å²) in [7, 11) is 1.80. The van der Waals surface area contributed by atoms with Crippen LogP contribution in [0, 0.1) is 0 Å². The summed E-state index contributed by atoms with van der Waals surface area (Å²) in [5, 5.41) is 6.89. The normalized spacial score (nSPS) is 17.9. The van der Waals surface area contributed by atoms with Gasteiger partial charge in [0.2, 0.25) is 5.91 Å². The van der Waals surface area contributed by atoms with Crippen molar-refractivity contribution in [2.45, 2.75) is 12.5 Å². The summed E-state index contributed by atoms with van der Waals surface area (Å²) in [6, 6.07) is -0.646. The molecule has 0 bridgehead atoms. The van der Waals surface area contributed by atoms with Gasteiger partial charge < -0.3 is 15.8 Å². The first-order valence-electron chi connectivity index (χ1n) is 6.99. The number of carbonyl (C=O) groups excluding carboxylic acids is 1. The maximum Gasteiger partial charge on any atom is 0.241 e. The Morgan fingerprint density at radius 1 is 1.55 bits per heavy atom. The lowest BCUT2D eigenvalue weighted by molar-refractivity contribution is -0.122. The number of hydrogen-bond donors (Lipinski definition) is 2. The highest BCUT2D eigenvalue weighted by Gasteiger charge is 2.17. The van der Waals surface area contributed by atoms with Crippen LogP contribution < -0.4 is 11.1 Å². The van der Waals surface area contributed by atoms with E-state index in [4.69, 9.17) is 10.5 Å². The largest absolute Gasteiger partial charge is 0.379 e. The number of nitrogens with zero attached hydrogens (tertiary/aromatic N) is 3. The number of ether oxygens (including phenoxy) is 1. The number of nitrogens with one attached hydrogen (secondary N) is 1. The molecule has 1 aromatic heterocycles. The minimum absolute atomic E-state index is 0.153. The summed E-state index contributed by atoms with van der Waals surface area (Å²) in [6.45, 7) is 5.18. The van der Waals surface area contributed by atoms with Gasteiger partial charge in [-0.25, -0.2) is 0 Å². The van der Waals surface area contributed by atoms with Gasteiger partial charge in [0.25, 0.3) is 0 Å². The summed E-state index contributed by atoms with van der Waals surface area (Å²) in [5.74, 6) is -0.153. The van der Waals surface area contributed by atoms with Crippen molar-refractivity contribution in [1.29, 1.82) is 0 Å². The lowest BCUT2D eigenvalue weighted by Crippen LogP contribution is -2.39. The molecule has 0 aromatic carbocycles. The van der Waals surface area contributed by atoms with E-state index >= 15 is 0 Å². The van der Waals surface area contributed by atoms with E-state index in [0.29, 0.717) is 6.54 Å². The molecule has 1 saturated heterocycles. The quantitative estimate of drug-likeness (QED) is 0.671. The first-order valence-corrected chi connectivity index (χ1v) is 6.99. The molecule has 1 atom stereocenters. The van der Waals surface area contributed by atoms with Crippen LogP contribution in [-0.2, 0) is 16.6 Å². The van der Waals surface area contributed by atoms with E-state index in [1.54, 1.807) is 24.1 Å². The highest BCUT2D eigenvalue weighted by atomic mass is 16.5. The van der Waals surface area contributed by atoms with Gasteiger partial charge in [-0.2, -0.15) is 5.10 Å². The molecule has 20 heavy (non-hydrogen) atoms. The molecule has 2 rings (SSSR count). The number of nitrogens with two attached hydrogens (primary N) is 1. The smallest absolute Gasteiger partial charge is 0.241 e. The number of carbonyl (C=O) groups is 1. The van der Waals surface area contributed by atoms with E-state index < -0.39 is 6.04 Å². The minimum Gasteiger partial charge on any atom is -0.379 e. The van der Waals surface area contributed by atoms with Crippen LogP contribution in [0.1, 0.15) is 18.0 Å². The van der Waals surface area contributed by atoms with Crippen LogP contribution in [0.15, 0.2) is 12.4 Å². The molecule has 1 aromatic rings. The molecule has 1 aliphatic heterocycles. The highest BCUT2D eigenvalue weighted by molar-refractivity contribution is 5.82. The zero-order valence-corrected chi connectivity index (χ0v) is 11.9. The summed E-state index contributed by atoms with van der Waals surface area (Å²) < 4.78 is 6.93. The van der Waals surface area contributed by atoms with Gasteiger partial charge in [0.05, 0.1) is 19.4 Å². The van der Waals surface area contributed by atoms with Crippen LogP contribution in [0.2, 0.25) is 0 Å². The first kappa shape index (κ1) is 15.0. The summed E-state index contributed by atoms with van der Waals surface area (Å²) in [4.78, 5) is 14.2. The maximum absolute atomic E-state index is 11.9. The number of amides is 1. The fraction of sp³-hybridized carbons (Fsp3) is 0.692. The molecule has 7 heteroatoms. The molecule has 0 radical (unpaired) electrons. The second-order valence-corrected chi connectivity index (χ2v) is 5.02. The van der Waals surface area contributed by atoms with Crippen LogP contribution in [0.4, 0.5) is 0 Å². The number of morpholine rings is 1. The molecule has 2 heterocycles. The van der Waals surface area contributed by atoms with E-state index in [-0.39, 0.29) is 5.91 Å². The molecule has 1 aliphatic rings. The molecular formula is C13H23N5O2. The molecule has 7 nitrogen and oxygen atoms in total. The monoisotopic (exact) mass is 281 g/mol. The molecule has 3 N–H and O–H groups in total. The molecule has 1 fully saturated rings. The average molecular weight is 281 g/mol. The number of rotatable bonds is 6. The van der Waals surface area contributed by atoms with E-state index in [9.17, 15) is 4.79 Å². The Kier molecular flexibility index (Phi) is 5.51. The van der Waals surface area contributed by atoms with Gasteiger partial charge in [-0.1, -0.05) is 0 Å². The van der Waals surface area contributed by atoms with Crippen molar-refractivity contribution in [2.75, 3.05) is 39.4 Å². The molecule has 1 unspecified atom stereocenters. The van der Waals surface area contributed by atoms with E-state index in [1.165, 1.54) is 0 Å². The molecular weight excluding hydrogens is 258 g/mol. The Hall–Kier alpha value is -1.44. The Morgan fingerprint density at radius 2 is 2.30 bits per heavy atom. The standard InChI is InChI=1S/C13H23N5O2/c1-17-10-11(9-16-17)12(14)13(19)15-3-2-4-18-5-7-20-8-6-18/h9-10,12H,2-8,14H2,1H3,(H,15,19). The summed E-state index contributed by atoms with van der Waals surface area (Å²) >= 11 is 0. The van der Waals surface area contributed by atoms with Crippen molar-refractivity contribution >= 4 is 5.91 Å². The Labute approximate surface area is 119 Å². The van der Waals surface area contributed by atoms with Gasteiger partial charge in [-0.05, 0) is 13.0 Å². The number of aromatic nitrogens is 2.